The quantitative estimate of drug-likeness (QED) is 0.596. The standard InChI is InChI=1S/C10H14I2N2O.ClH/c11-6-4-7(9(14)2-1-3-13)10(15)8(12)5-6;/h4-5,9,15H,1-3,13-14H2;1H/t9-;/m0./s1. The molecule has 0 aliphatic heterocycles. The third-order valence-corrected chi connectivity index (χ3v) is 3.62. The molecular formula is C10H15ClI2N2O. The normalized spacial score (nSPS) is 12.0. The van der Waals surface area contributed by atoms with Crippen molar-refractivity contribution in [3.05, 3.63) is 24.8 Å². The van der Waals surface area contributed by atoms with Gasteiger partial charge in [0.15, 0.2) is 0 Å². The summed E-state index contributed by atoms with van der Waals surface area (Å²) >= 11 is 4.33. The van der Waals surface area contributed by atoms with Crippen molar-refractivity contribution in [3.8, 4) is 5.75 Å². The highest BCUT2D eigenvalue weighted by Gasteiger charge is 2.13. The van der Waals surface area contributed by atoms with Crippen molar-refractivity contribution < 1.29 is 5.11 Å². The molecule has 1 aromatic rings. The molecule has 0 unspecified atom stereocenters. The second-order valence-corrected chi connectivity index (χ2v) is 5.77. The van der Waals surface area contributed by atoms with Gasteiger partial charge in [0.2, 0.25) is 0 Å². The number of halogens is 3. The van der Waals surface area contributed by atoms with E-state index >= 15 is 0 Å². The number of phenolic OH excluding ortho intramolecular Hbond substituents is 1. The number of benzene rings is 1. The average Bonchev–Trinajstić information content (AvgIpc) is 2.19. The van der Waals surface area contributed by atoms with Crippen LogP contribution in [-0.4, -0.2) is 11.7 Å². The van der Waals surface area contributed by atoms with Crippen LogP contribution < -0.4 is 11.5 Å². The smallest absolute Gasteiger partial charge is 0.133 e. The van der Waals surface area contributed by atoms with E-state index in [1.807, 2.05) is 12.1 Å². The lowest BCUT2D eigenvalue weighted by molar-refractivity contribution is 0.453. The molecular weight excluding hydrogens is 453 g/mol. The molecule has 0 aliphatic rings. The van der Waals surface area contributed by atoms with Crippen molar-refractivity contribution in [2.24, 2.45) is 11.5 Å². The molecule has 0 amide bonds. The molecule has 0 aliphatic carbocycles. The predicted octanol–water partition coefficient (Wildman–Crippen LogP) is 2.76. The molecule has 3 nitrogen and oxygen atoms in total. The van der Waals surface area contributed by atoms with Gasteiger partial charge in [0.25, 0.3) is 0 Å². The first-order valence-corrected chi connectivity index (χ1v) is 6.85. The Labute approximate surface area is 129 Å². The summed E-state index contributed by atoms with van der Waals surface area (Å²) in [5.74, 6) is 0.306. The van der Waals surface area contributed by atoms with Gasteiger partial charge in [-0.15, -0.1) is 12.4 Å². The van der Waals surface area contributed by atoms with Gasteiger partial charge in [-0.05, 0) is 76.7 Å². The van der Waals surface area contributed by atoms with Crippen molar-refractivity contribution in [1.82, 2.24) is 0 Å². The highest BCUT2D eigenvalue weighted by Crippen LogP contribution is 2.31. The molecule has 0 saturated heterocycles. The maximum absolute atomic E-state index is 9.87. The first-order chi connectivity index (χ1) is 7.06. The van der Waals surface area contributed by atoms with Gasteiger partial charge in [0.05, 0.1) is 3.57 Å². The number of aromatic hydroxyl groups is 1. The van der Waals surface area contributed by atoms with E-state index in [0.29, 0.717) is 12.3 Å². The average molecular weight is 469 g/mol. The zero-order valence-corrected chi connectivity index (χ0v) is 13.8. The molecule has 1 aromatic carbocycles. The maximum atomic E-state index is 9.87. The van der Waals surface area contributed by atoms with Gasteiger partial charge in [0.1, 0.15) is 5.75 Å². The molecule has 0 spiro atoms. The summed E-state index contributed by atoms with van der Waals surface area (Å²) in [7, 11) is 0. The van der Waals surface area contributed by atoms with Gasteiger partial charge in [0, 0.05) is 15.2 Å². The maximum Gasteiger partial charge on any atom is 0.133 e. The summed E-state index contributed by atoms with van der Waals surface area (Å²) in [6.07, 6.45) is 1.68. The lowest BCUT2D eigenvalue weighted by atomic mass is 10.0. The van der Waals surface area contributed by atoms with E-state index in [1.165, 1.54) is 0 Å². The van der Waals surface area contributed by atoms with Crippen LogP contribution in [-0.2, 0) is 0 Å². The topological polar surface area (TPSA) is 72.3 Å². The van der Waals surface area contributed by atoms with E-state index in [0.717, 1.165) is 25.5 Å². The minimum Gasteiger partial charge on any atom is -0.506 e. The van der Waals surface area contributed by atoms with Gasteiger partial charge in [-0.3, -0.25) is 0 Å². The van der Waals surface area contributed by atoms with E-state index in [2.05, 4.69) is 45.2 Å². The minimum atomic E-state index is -0.128. The third kappa shape index (κ3) is 4.52. The van der Waals surface area contributed by atoms with Crippen molar-refractivity contribution in [1.29, 1.82) is 0 Å². The summed E-state index contributed by atoms with van der Waals surface area (Å²) in [6.45, 7) is 0.634. The Hall–Kier alpha value is 0.690. The van der Waals surface area contributed by atoms with Gasteiger partial charge >= 0.3 is 0 Å². The van der Waals surface area contributed by atoms with E-state index in [-0.39, 0.29) is 18.4 Å². The Morgan fingerprint density at radius 2 is 1.94 bits per heavy atom. The van der Waals surface area contributed by atoms with E-state index in [4.69, 9.17) is 11.5 Å². The van der Waals surface area contributed by atoms with E-state index in [1.54, 1.807) is 0 Å². The van der Waals surface area contributed by atoms with Crippen LogP contribution in [0.2, 0.25) is 0 Å². The Balaban J connectivity index is 0.00000225. The summed E-state index contributed by atoms with van der Waals surface area (Å²) in [5.41, 5.74) is 12.2. The van der Waals surface area contributed by atoms with Crippen LogP contribution in [0.25, 0.3) is 0 Å². The summed E-state index contributed by atoms with van der Waals surface area (Å²) < 4.78 is 1.94. The van der Waals surface area contributed by atoms with Crippen LogP contribution in [0.15, 0.2) is 12.1 Å². The third-order valence-electron chi connectivity index (χ3n) is 2.18. The number of rotatable bonds is 4. The van der Waals surface area contributed by atoms with Gasteiger partial charge in [-0.1, -0.05) is 0 Å². The molecule has 0 saturated carbocycles. The lowest BCUT2D eigenvalue weighted by Crippen LogP contribution is -2.13. The Bertz CT molecular complexity index is 350. The number of nitrogens with two attached hydrogens (primary N) is 2. The molecule has 16 heavy (non-hydrogen) atoms. The molecule has 1 atom stereocenters. The zero-order valence-electron chi connectivity index (χ0n) is 8.62. The Morgan fingerprint density at radius 1 is 1.31 bits per heavy atom. The molecule has 0 radical (unpaired) electrons. The first kappa shape index (κ1) is 16.7. The van der Waals surface area contributed by atoms with Crippen LogP contribution in [0, 0.1) is 7.14 Å². The van der Waals surface area contributed by atoms with Crippen molar-refractivity contribution in [2.45, 2.75) is 18.9 Å². The minimum absolute atomic E-state index is 0. The van der Waals surface area contributed by atoms with Crippen molar-refractivity contribution >= 4 is 57.6 Å². The molecule has 5 N–H and O–H groups in total. The van der Waals surface area contributed by atoms with E-state index in [9.17, 15) is 5.11 Å². The summed E-state index contributed by atoms with van der Waals surface area (Å²) in [6, 6.07) is 3.73. The predicted molar refractivity (Wildman–Crippen MR) is 86.0 cm³/mol. The van der Waals surface area contributed by atoms with Gasteiger partial charge < -0.3 is 16.6 Å². The fraction of sp³-hybridized carbons (Fsp3) is 0.400. The van der Waals surface area contributed by atoms with Crippen molar-refractivity contribution in [2.75, 3.05) is 6.54 Å². The van der Waals surface area contributed by atoms with Crippen LogP contribution >= 0.6 is 57.6 Å². The fourth-order valence-corrected chi connectivity index (χ4v) is 3.25. The summed E-state index contributed by atoms with van der Waals surface area (Å²) in [4.78, 5) is 0. The zero-order chi connectivity index (χ0) is 11.4. The monoisotopic (exact) mass is 468 g/mol. The molecule has 0 heterocycles. The summed E-state index contributed by atoms with van der Waals surface area (Å²) in [5, 5.41) is 9.87. The van der Waals surface area contributed by atoms with Crippen LogP contribution in [0.1, 0.15) is 24.4 Å². The van der Waals surface area contributed by atoms with Crippen LogP contribution in [0.3, 0.4) is 0 Å². The second kappa shape index (κ2) is 7.91. The molecule has 0 bridgehead atoms. The number of hydrogen-bond acceptors (Lipinski definition) is 3. The molecule has 0 fully saturated rings. The Morgan fingerprint density at radius 3 is 2.50 bits per heavy atom. The van der Waals surface area contributed by atoms with Crippen LogP contribution in [0.4, 0.5) is 0 Å². The lowest BCUT2D eigenvalue weighted by Gasteiger charge is -2.14. The van der Waals surface area contributed by atoms with Gasteiger partial charge in [-0.25, -0.2) is 0 Å². The van der Waals surface area contributed by atoms with Gasteiger partial charge in [-0.2, -0.15) is 0 Å². The molecule has 0 aromatic heterocycles. The highest BCUT2D eigenvalue weighted by atomic mass is 127. The highest BCUT2D eigenvalue weighted by molar-refractivity contribution is 14.1. The largest absolute Gasteiger partial charge is 0.506 e. The molecule has 1 rings (SSSR count). The molecule has 6 heteroatoms. The molecule has 92 valence electrons. The van der Waals surface area contributed by atoms with E-state index < -0.39 is 0 Å². The van der Waals surface area contributed by atoms with Crippen LogP contribution in [0.5, 0.6) is 5.75 Å². The number of phenols is 1. The fourth-order valence-electron chi connectivity index (χ4n) is 1.36. The van der Waals surface area contributed by atoms with Crippen molar-refractivity contribution in [3.63, 3.8) is 0 Å². The second-order valence-electron chi connectivity index (χ2n) is 3.36. The Kier molecular flexibility index (Phi) is 8.25. The first-order valence-electron chi connectivity index (χ1n) is 4.69. The number of hydrogen-bond donors (Lipinski definition) is 3. The SMILES string of the molecule is Cl.NCCC[C@H](N)c1cc(I)cc(I)c1O.